The molecule has 1 saturated heterocycles. The van der Waals surface area contributed by atoms with Crippen LogP contribution in [0, 0.1) is 0 Å². The Morgan fingerprint density at radius 1 is 1.36 bits per heavy atom. The lowest BCUT2D eigenvalue weighted by molar-refractivity contribution is 0.189. The molecule has 1 fully saturated rings. The molecule has 2 nitrogen and oxygen atoms in total. The van der Waals surface area contributed by atoms with Gasteiger partial charge in [-0.3, -0.25) is 0 Å². The molecule has 1 heterocycles. The smallest absolute Gasteiger partial charge is 0.0426 e. The molecule has 1 aromatic rings. The fourth-order valence-corrected chi connectivity index (χ4v) is 1.75. The molecular weight excluding hydrogens is 196 g/mol. The molecule has 1 aliphatic rings. The summed E-state index contributed by atoms with van der Waals surface area (Å²) in [5, 5.41) is 4.15. The van der Waals surface area contributed by atoms with Crippen molar-refractivity contribution in [3.05, 3.63) is 29.3 Å². The number of nitrogens with zero attached hydrogens (tertiary/aromatic N) is 1. The van der Waals surface area contributed by atoms with Gasteiger partial charge in [0.2, 0.25) is 0 Å². The van der Waals surface area contributed by atoms with Gasteiger partial charge in [0.1, 0.15) is 0 Å². The highest BCUT2D eigenvalue weighted by Crippen LogP contribution is 2.14. The molecule has 0 radical (unpaired) electrons. The Balaban J connectivity index is 1.74. The van der Waals surface area contributed by atoms with E-state index >= 15 is 0 Å². The number of rotatable bonds is 4. The topological polar surface area (TPSA) is 15.3 Å². The van der Waals surface area contributed by atoms with Crippen molar-refractivity contribution in [2.24, 2.45) is 0 Å². The Hall–Kier alpha value is -0.730. The summed E-state index contributed by atoms with van der Waals surface area (Å²) in [5.41, 5.74) is 1.11. The van der Waals surface area contributed by atoms with E-state index in [1.165, 1.54) is 19.5 Å². The summed E-state index contributed by atoms with van der Waals surface area (Å²) >= 11 is 5.87. The Labute approximate surface area is 89.9 Å². The Morgan fingerprint density at radius 2 is 2.21 bits per heavy atom. The fourth-order valence-electron chi connectivity index (χ4n) is 1.56. The summed E-state index contributed by atoms with van der Waals surface area (Å²) < 4.78 is 0. The van der Waals surface area contributed by atoms with Gasteiger partial charge in [-0.25, -0.2) is 0 Å². The SMILES string of the molecule is Clc1cccc(NCCN2CCC2)c1. The van der Waals surface area contributed by atoms with Crippen molar-refractivity contribution in [3.63, 3.8) is 0 Å². The van der Waals surface area contributed by atoms with Crippen LogP contribution in [0.15, 0.2) is 24.3 Å². The minimum absolute atomic E-state index is 0.791. The second-order valence-corrected chi connectivity index (χ2v) is 4.07. The molecule has 0 aliphatic carbocycles. The summed E-state index contributed by atoms with van der Waals surface area (Å²) in [6, 6.07) is 7.86. The van der Waals surface area contributed by atoms with Gasteiger partial charge in [-0.15, -0.1) is 0 Å². The first kappa shape index (κ1) is 9.81. The molecule has 1 N–H and O–H groups in total. The van der Waals surface area contributed by atoms with Crippen molar-refractivity contribution in [1.82, 2.24) is 4.90 Å². The molecule has 0 amide bonds. The highest BCUT2D eigenvalue weighted by molar-refractivity contribution is 6.30. The van der Waals surface area contributed by atoms with E-state index in [4.69, 9.17) is 11.6 Å². The lowest BCUT2D eigenvalue weighted by Crippen LogP contribution is -2.40. The first-order valence-electron chi connectivity index (χ1n) is 5.06. The maximum atomic E-state index is 5.87. The third-order valence-electron chi connectivity index (χ3n) is 2.53. The van der Waals surface area contributed by atoms with Gasteiger partial charge in [0, 0.05) is 23.8 Å². The first-order valence-corrected chi connectivity index (χ1v) is 5.44. The van der Waals surface area contributed by atoms with Gasteiger partial charge in [-0.05, 0) is 37.7 Å². The molecule has 2 rings (SSSR count). The molecular formula is C11H15ClN2. The van der Waals surface area contributed by atoms with Crippen LogP contribution in [0.25, 0.3) is 0 Å². The van der Waals surface area contributed by atoms with E-state index in [9.17, 15) is 0 Å². The quantitative estimate of drug-likeness (QED) is 0.822. The van der Waals surface area contributed by atoms with E-state index in [-0.39, 0.29) is 0 Å². The lowest BCUT2D eigenvalue weighted by atomic mass is 10.2. The zero-order valence-corrected chi connectivity index (χ0v) is 8.93. The summed E-state index contributed by atoms with van der Waals surface area (Å²) in [4.78, 5) is 2.44. The average Bonchev–Trinajstić information content (AvgIpc) is 2.09. The predicted molar refractivity (Wildman–Crippen MR) is 61.0 cm³/mol. The number of halogens is 1. The molecule has 76 valence electrons. The van der Waals surface area contributed by atoms with Gasteiger partial charge in [-0.2, -0.15) is 0 Å². The molecule has 1 aliphatic heterocycles. The molecule has 0 bridgehead atoms. The fraction of sp³-hybridized carbons (Fsp3) is 0.455. The minimum atomic E-state index is 0.791. The molecule has 0 unspecified atom stereocenters. The Kier molecular flexibility index (Phi) is 3.27. The molecule has 3 heteroatoms. The second-order valence-electron chi connectivity index (χ2n) is 3.63. The zero-order chi connectivity index (χ0) is 9.80. The van der Waals surface area contributed by atoms with Crippen LogP contribution >= 0.6 is 11.6 Å². The van der Waals surface area contributed by atoms with Crippen molar-refractivity contribution >= 4 is 17.3 Å². The van der Waals surface area contributed by atoms with Crippen LogP contribution in [0.5, 0.6) is 0 Å². The highest BCUT2D eigenvalue weighted by atomic mass is 35.5. The van der Waals surface area contributed by atoms with Crippen LogP contribution in [0.4, 0.5) is 5.69 Å². The summed E-state index contributed by atoms with van der Waals surface area (Å²) in [5.74, 6) is 0. The second kappa shape index (κ2) is 4.67. The maximum absolute atomic E-state index is 5.87. The number of nitrogens with one attached hydrogen (secondary N) is 1. The Bertz CT molecular complexity index is 297. The van der Waals surface area contributed by atoms with Crippen LogP contribution in [0.2, 0.25) is 5.02 Å². The van der Waals surface area contributed by atoms with Gasteiger partial charge in [-0.1, -0.05) is 17.7 Å². The van der Waals surface area contributed by atoms with Crippen molar-refractivity contribution in [2.75, 3.05) is 31.5 Å². The molecule has 14 heavy (non-hydrogen) atoms. The number of likely N-dealkylation sites (tertiary alicyclic amines) is 1. The van der Waals surface area contributed by atoms with E-state index in [0.717, 1.165) is 23.8 Å². The molecule has 0 spiro atoms. The number of hydrogen-bond acceptors (Lipinski definition) is 2. The van der Waals surface area contributed by atoms with Gasteiger partial charge in [0.15, 0.2) is 0 Å². The summed E-state index contributed by atoms with van der Waals surface area (Å²) in [6.07, 6.45) is 1.36. The van der Waals surface area contributed by atoms with Crippen molar-refractivity contribution in [2.45, 2.75) is 6.42 Å². The van der Waals surface area contributed by atoms with Crippen LogP contribution in [-0.4, -0.2) is 31.1 Å². The van der Waals surface area contributed by atoms with Gasteiger partial charge in [0.05, 0.1) is 0 Å². The number of anilines is 1. The average molecular weight is 211 g/mol. The van der Waals surface area contributed by atoms with Gasteiger partial charge < -0.3 is 10.2 Å². The lowest BCUT2D eigenvalue weighted by Gasteiger charge is -2.30. The van der Waals surface area contributed by atoms with E-state index < -0.39 is 0 Å². The third-order valence-corrected chi connectivity index (χ3v) is 2.77. The third kappa shape index (κ3) is 2.63. The number of hydrogen-bond donors (Lipinski definition) is 1. The first-order chi connectivity index (χ1) is 6.84. The Morgan fingerprint density at radius 3 is 2.86 bits per heavy atom. The van der Waals surface area contributed by atoms with E-state index in [0.29, 0.717) is 0 Å². The van der Waals surface area contributed by atoms with E-state index in [2.05, 4.69) is 10.2 Å². The van der Waals surface area contributed by atoms with Crippen LogP contribution in [-0.2, 0) is 0 Å². The van der Waals surface area contributed by atoms with E-state index in [1.807, 2.05) is 24.3 Å². The highest BCUT2D eigenvalue weighted by Gasteiger charge is 2.11. The molecule has 1 aromatic carbocycles. The normalized spacial score (nSPS) is 16.4. The summed E-state index contributed by atoms with van der Waals surface area (Å²) in [7, 11) is 0. The van der Waals surface area contributed by atoms with E-state index in [1.54, 1.807) is 0 Å². The maximum Gasteiger partial charge on any atom is 0.0426 e. The van der Waals surface area contributed by atoms with Gasteiger partial charge >= 0.3 is 0 Å². The van der Waals surface area contributed by atoms with Crippen molar-refractivity contribution in [3.8, 4) is 0 Å². The zero-order valence-electron chi connectivity index (χ0n) is 8.17. The van der Waals surface area contributed by atoms with Crippen LogP contribution in [0.3, 0.4) is 0 Å². The largest absolute Gasteiger partial charge is 0.384 e. The van der Waals surface area contributed by atoms with Crippen molar-refractivity contribution in [1.29, 1.82) is 0 Å². The summed E-state index contributed by atoms with van der Waals surface area (Å²) in [6.45, 7) is 4.65. The molecule has 0 aromatic heterocycles. The monoisotopic (exact) mass is 210 g/mol. The van der Waals surface area contributed by atoms with Crippen LogP contribution < -0.4 is 5.32 Å². The predicted octanol–water partition coefficient (Wildman–Crippen LogP) is 2.46. The minimum Gasteiger partial charge on any atom is -0.384 e. The van der Waals surface area contributed by atoms with Crippen LogP contribution in [0.1, 0.15) is 6.42 Å². The number of benzene rings is 1. The molecule has 0 saturated carbocycles. The standard InChI is InChI=1S/C11H15ClN2/c12-10-3-1-4-11(9-10)13-5-8-14-6-2-7-14/h1,3-4,9,13H,2,5-8H2. The molecule has 0 atom stereocenters. The van der Waals surface area contributed by atoms with Gasteiger partial charge in [0.25, 0.3) is 0 Å². The van der Waals surface area contributed by atoms with Crippen molar-refractivity contribution < 1.29 is 0 Å².